The molecular formula is C13H22N4O. The summed E-state index contributed by atoms with van der Waals surface area (Å²) < 4.78 is 2.06. The molecule has 0 radical (unpaired) electrons. The van der Waals surface area contributed by atoms with Crippen molar-refractivity contribution in [3.63, 3.8) is 0 Å². The van der Waals surface area contributed by atoms with Crippen molar-refractivity contribution in [3.05, 3.63) is 18.7 Å². The molecule has 0 aromatic carbocycles. The number of rotatable bonds is 9. The summed E-state index contributed by atoms with van der Waals surface area (Å²) in [7, 11) is 0. The normalized spacial score (nSPS) is 14.7. The van der Waals surface area contributed by atoms with Crippen molar-refractivity contribution in [2.45, 2.75) is 44.7 Å². The van der Waals surface area contributed by atoms with Crippen molar-refractivity contribution in [1.29, 1.82) is 0 Å². The van der Waals surface area contributed by atoms with Crippen molar-refractivity contribution in [2.75, 3.05) is 13.1 Å². The third kappa shape index (κ3) is 5.31. The number of unbranched alkanes of at least 4 members (excludes halogenated alkanes) is 1. The van der Waals surface area contributed by atoms with Gasteiger partial charge < -0.3 is 15.2 Å². The quantitative estimate of drug-likeness (QED) is 0.641. The number of hydrogen-bond donors (Lipinski definition) is 2. The molecule has 18 heavy (non-hydrogen) atoms. The number of carbonyl (C=O) groups is 1. The zero-order valence-corrected chi connectivity index (χ0v) is 10.8. The second-order valence-electron chi connectivity index (χ2n) is 4.84. The largest absolute Gasteiger partial charge is 0.356 e. The molecule has 0 saturated heterocycles. The van der Waals surface area contributed by atoms with E-state index in [1.807, 2.05) is 12.5 Å². The summed E-state index contributed by atoms with van der Waals surface area (Å²) in [5.41, 5.74) is 0. The third-order valence-electron chi connectivity index (χ3n) is 3.09. The molecule has 1 saturated carbocycles. The summed E-state index contributed by atoms with van der Waals surface area (Å²) in [6, 6.07) is 0.688. The highest BCUT2D eigenvalue weighted by Gasteiger charge is 2.19. The Labute approximate surface area is 108 Å². The number of carbonyl (C=O) groups excluding carboxylic acids is 1. The fourth-order valence-electron chi connectivity index (χ4n) is 1.83. The Morgan fingerprint density at radius 3 is 2.94 bits per heavy atom. The van der Waals surface area contributed by atoms with E-state index in [-0.39, 0.29) is 5.91 Å². The van der Waals surface area contributed by atoms with Crippen LogP contribution in [0.15, 0.2) is 18.7 Å². The van der Waals surface area contributed by atoms with Gasteiger partial charge in [-0.25, -0.2) is 4.98 Å². The van der Waals surface area contributed by atoms with Gasteiger partial charge in [0, 0.05) is 44.5 Å². The van der Waals surface area contributed by atoms with Crippen LogP contribution >= 0.6 is 0 Å². The van der Waals surface area contributed by atoms with Gasteiger partial charge in [0.05, 0.1) is 6.33 Å². The smallest absolute Gasteiger partial charge is 0.221 e. The maximum atomic E-state index is 11.5. The van der Waals surface area contributed by atoms with E-state index in [0.29, 0.717) is 12.5 Å². The second-order valence-corrected chi connectivity index (χ2v) is 4.84. The van der Waals surface area contributed by atoms with Gasteiger partial charge in [-0.05, 0) is 25.7 Å². The van der Waals surface area contributed by atoms with Crippen LogP contribution < -0.4 is 10.6 Å². The second kappa shape index (κ2) is 7.16. The fourth-order valence-corrected chi connectivity index (χ4v) is 1.83. The van der Waals surface area contributed by atoms with Crippen LogP contribution in [0.2, 0.25) is 0 Å². The molecule has 0 aliphatic heterocycles. The lowest BCUT2D eigenvalue weighted by Gasteiger charge is -2.06. The SMILES string of the molecule is O=C(CCNC1CC1)NCCCCn1ccnc1. The van der Waals surface area contributed by atoms with Crippen molar-refractivity contribution in [1.82, 2.24) is 20.2 Å². The van der Waals surface area contributed by atoms with Crippen molar-refractivity contribution in [3.8, 4) is 0 Å². The molecule has 5 nitrogen and oxygen atoms in total. The highest BCUT2D eigenvalue weighted by molar-refractivity contribution is 5.75. The first-order chi connectivity index (χ1) is 8.84. The van der Waals surface area contributed by atoms with E-state index < -0.39 is 0 Å². The Kier molecular flexibility index (Phi) is 5.20. The summed E-state index contributed by atoms with van der Waals surface area (Å²) >= 11 is 0. The molecule has 100 valence electrons. The molecule has 0 spiro atoms. The molecule has 1 heterocycles. The Morgan fingerprint density at radius 2 is 2.22 bits per heavy atom. The van der Waals surface area contributed by atoms with Gasteiger partial charge in [-0.3, -0.25) is 4.79 Å². The third-order valence-corrected chi connectivity index (χ3v) is 3.09. The molecule has 1 aliphatic carbocycles. The maximum absolute atomic E-state index is 11.5. The molecule has 1 aromatic heterocycles. The Balaban J connectivity index is 1.40. The summed E-state index contributed by atoms with van der Waals surface area (Å²) in [6.07, 6.45) is 10.8. The molecule has 0 bridgehead atoms. The molecule has 2 N–H and O–H groups in total. The first-order valence-corrected chi connectivity index (χ1v) is 6.80. The van der Waals surface area contributed by atoms with Crippen molar-refractivity contribution in [2.24, 2.45) is 0 Å². The van der Waals surface area contributed by atoms with E-state index in [9.17, 15) is 4.79 Å². The molecule has 1 aliphatic rings. The number of aromatic nitrogens is 2. The van der Waals surface area contributed by atoms with Crippen LogP contribution in [0.4, 0.5) is 0 Å². The molecular weight excluding hydrogens is 228 g/mol. The average molecular weight is 250 g/mol. The van der Waals surface area contributed by atoms with Crippen LogP contribution in [0, 0.1) is 0 Å². The van der Waals surface area contributed by atoms with Gasteiger partial charge in [0.25, 0.3) is 0 Å². The van der Waals surface area contributed by atoms with E-state index >= 15 is 0 Å². The van der Waals surface area contributed by atoms with Crippen LogP contribution in [-0.4, -0.2) is 34.6 Å². The summed E-state index contributed by atoms with van der Waals surface area (Å²) in [6.45, 7) is 2.56. The zero-order valence-electron chi connectivity index (χ0n) is 10.8. The topological polar surface area (TPSA) is 59.0 Å². The van der Waals surface area contributed by atoms with Crippen LogP contribution in [0.5, 0.6) is 0 Å². The van der Waals surface area contributed by atoms with E-state index in [2.05, 4.69) is 20.2 Å². The van der Waals surface area contributed by atoms with Gasteiger partial charge in [-0.1, -0.05) is 0 Å². The van der Waals surface area contributed by atoms with E-state index in [1.54, 1.807) is 6.20 Å². The predicted molar refractivity (Wildman–Crippen MR) is 70.1 cm³/mol. The molecule has 2 rings (SSSR count). The lowest BCUT2D eigenvalue weighted by Crippen LogP contribution is -2.29. The standard InChI is InChI=1S/C13H22N4O/c18-13(5-7-15-12-3-4-12)16-6-1-2-9-17-10-8-14-11-17/h8,10-12,15H,1-7,9H2,(H,16,18). The minimum absolute atomic E-state index is 0.158. The summed E-state index contributed by atoms with van der Waals surface area (Å²) in [5.74, 6) is 0.158. The van der Waals surface area contributed by atoms with Gasteiger partial charge in [0.15, 0.2) is 0 Å². The average Bonchev–Trinajstić information content (AvgIpc) is 3.03. The minimum Gasteiger partial charge on any atom is -0.356 e. The van der Waals surface area contributed by atoms with Gasteiger partial charge in [0.2, 0.25) is 5.91 Å². The van der Waals surface area contributed by atoms with Crippen molar-refractivity contribution < 1.29 is 4.79 Å². The number of amides is 1. The number of nitrogens with zero attached hydrogens (tertiary/aromatic N) is 2. The summed E-state index contributed by atoms with van der Waals surface area (Å²) in [4.78, 5) is 15.5. The highest BCUT2D eigenvalue weighted by atomic mass is 16.1. The zero-order chi connectivity index (χ0) is 12.6. The lowest BCUT2D eigenvalue weighted by atomic mass is 10.3. The Morgan fingerprint density at radius 1 is 1.33 bits per heavy atom. The first-order valence-electron chi connectivity index (χ1n) is 6.80. The highest BCUT2D eigenvalue weighted by Crippen LogP contribution is 2.18. The van der Waals surface area contributed by atoms with Crippen LogP contribution in [-0.2, 0) is 11.3 Å². The molecule has 1 amide bonds. The van der Waals surface area contributed by atoms with Crippen LogP contribution in [0.3, 0.4) is 0 Å². The minimum atomic E-state index is 0.158. The van der Waals surface area contributed by atoms with E-state index in [0.717, 1.165) is 32.5 Å². The number of aryl methyl sites for hydroxylation is 1. The van der Waals surface area contributed by atoms with Crippen LogP contribution in [0.25, 0.3) is 0 Å². The Bertz CT molecular complexity index is 346. The van der Waals surface area contributed by atoms with Crippen molar-refractivity contribution >= 4 is 5.91 Å². The molecule has 0 atom stereocenters. The van der Waals surface area contributed by atoms with E-state index in [4.69, 9.17) is 0 Å². The van der Waals surface area contributed by atoms with Gasteiger partial charge >= 0.3 is 0 Å². The number of hydrogen-bond acceptors (Lipinski definition) is 3. The Hall–Kier alpha value is -1.36. The molecule has 5 heteroatoms. The molecule has 1 aromatic rings. The van der Waals surface area contributed by atoms with Gasteiger partial charge in [0.1, 0.15) is 0 Å². The lowest BCUT2D eigenvalue weighted by molar-refractivity contribution is -0.121. The number of nitrogens with one attached hydrogen (secondary N) is 2. The molecule has 1 fully saturated rings. The molecule has 0 unspecified atom stereocenters. The predicted octanol–water partition coefficient (Wildman–Crippen LogP) is 0.922. The maximum Gasteiger partial charge on any atom is 0.221 e. The van der Waals surface area contributed by atoms with Gasteiger partial charge in [-0.15, -0.1) is 0 Å². The first kappa shape index (κ1) is 13.1. The van der Waals surface area contributed by atoms with Gasteiger partial charge in [-0.2, -0.15) is 0 Å². The summed E-state index contributed by atoms with van der Waals surface area (Å²) in [5, 5.41) is 6.29. The number of imidazole rings is 1. The fraction of sp³-hybridized carbons (Fsp3) is 0.692. The van der Waals surface area contributed by atoms with Crippen LogP contribution in [0.1, 0.15) is 32.1 Å². The monoisotopic (exact) mass is 250 g/mol. The van der Waals surface area contributed by atoms with E-state index in [1.165, 1.54) is 12.8 Å².